The van der Waals surface area contributed by atoms with Crippen LogP contribution in [0.1, 0.15) is 58.6 Å². The fourth-order valence-corrected chi connectivity index (χ4v) is 10.1. The van der Waals surface area contributed by atoms with Gasteiger partial charge < -0.3 is 13.9 Å². The second kappa shape index (κ2) is 15.5. The Hall–Kier alpha value is -4.02. The summed E-state index contributed by atoms with van der Waals surface area (Å²) in [7, 11) is -4.74. The van der Waals surface area contributed by atoms with Gasteiger partial charge in [-0.25, -0.2) is 8.42 Å². The SMILES string of the molecule is COC(=O)C(C)(C)S(=O)(=O)N1CC=C(c2ccc(-c3cccc(OC(CC(C)(C)C)O[SiH](c4ccccc4)c4ccccc4)c3)c(C)c2)CC1. The van der Waals surface area contributed by atoms with Crippen molar-refractivity contribution in [2.24, 2.45) is 5.41 Å². The van der Waals surface area contributed by atoms with Gasteiger partial charge in [-0.3, -0.25) is 4.79 Å². The molecule has 4 aromatic carbocycles. The van der Waals surface area contributed by atoms with Crippen molar-refractivity contribution in [3.05, 3.63) is 120 Å². The number of nitrogens with zero attached hydrogens (tertiary/aromatic N) is 1. The number of rotatable bonds is 12. The molecule has 1 aliphatic rings. The monoisotopic (exact) mass is 711 g/mol. The molecule has 50 heavy (non-hydrogen) atoms. The molecule has 264 valence electrons. The molecule has 0 bridgehead atoms. The average Bonchev–Trinajstić information content (AvgIpc) is 3.10. The van der Waals surface area contributed by atoms with Crippen molar-refractivity contribution >= 4 is 41.0 Å². The highest BCUT2D eigenvalue weighted by Crippen LogP contribution is 2.33. The molecule has 0 saturated heterocycles. The largest absolute Gasteiger partial charge is 0.468 e. The van der Waals surface area contributed by atoms with Gasteiger partial charge in [0.05, 0.1) is 7.11 Å². The van der Waals surface area contributed by atoms with Crippen molar-refractivity contribution in [1.82, 2.24) is 4.31 Å². The van der Waals surface area contributed by atoms with E-state index in [1.165, 1.54) is 35.6 Å². The number of carbonyl (C=O) groups is 1. The van der Waals surface area contributed by atoms with Gasteiger partial charge in [-0.15, -0.1) is 0 Å². The normalized spacial score (nSPS) is 15.0. The highest BCUT2D eigenvalue weighted by molar-refractivity contribution is 7.91. The van der Waals surface area contributed by atoms with Gasteiger partial charge in [-0.1, -0.05) is 118 Å². The zero-order valence-electron chi connectivity index (χ0n) is 30.2. The number of sulfonamides is 1. The van der Waals surface area contributed by atoms with Crippen LogP contribution in [-0.2, 0) is 24.0 Å². The van der Waals surface area contributed by atoms with E-state index in [2.05, 4.69) is 107 Å². The third-order valence-electron chi connectivity index (χ3n) is 9.11. The highest BCUT2D eigenvalue weighted by Gasteiger charge is 2.46. The molecule has 9 heteroatoms. The summed E-state index contributed by atoms with van der Waals surface area (Å²) in [5, 5.41) is 2.41. The van der Waals surface area contributed by atoms with Crippen molar-refractivity contribution in [2.45, 2.75) is 65.4 Å². The van der Waals surface area contributed by atoms with E-state index in [4.69, 9.17) is 13.9 Å². The third-order valence-corrected chi connectivity index (χ3v) is 14.1. The first-order valence-corrected chi connectivity index (χ1v) is 20.2. The molecule has 0 N–H and O–H groups in total. The first kappa shape index (κ1) is 37.2. The summed E-state index contributed by atoms with van der Waals surface area (Å²) < 4.78 is 44.6. The summed E-state index contributed by atoms with van der Waals surface area (Å²) in [5.41, 5.74) is 5.35. The van der Waals surface area contributed by atoms with Crippen LogP contribution in [0.3, 0.4) is 0 Å². The Morgan fingerprint density at radius 1 is 0.840 bits per heavy atom. The number of benzene rings is 4. The van der Waals surface area contributed by atoms with Crippen LogP contribution in [0.2, 0.25) is 0 Å². The quantitative estimate of drug-likeness (QED) is 0.0922. The minimum Gasteiger partial charge on any atom is -0.468 e. The summed E-state index contributed by atoms with van der Waals surface area (Å²) in [5.74, 6) is -0.0177. The summed E-state index contributed by atoms with van der Waals surface area (Å²) in [6, 6.07) is 35.5. The van der Waals surface area contributed by atoms with E-state index in [1.54, 1.807) is 0 Å². The van der Waals surface area contributed by atoms with Crippen molar-refractivity contribution in [3.8, 4) is 16.9 Å². The maximum absolute atomic E-state index is 13.2. The topological polar surface area (TPSA) is 82.1 Å². The molecule has 0 aliphatic carbocycles. The fourth-order valence-electron chi connectivity index (χ4n) is 6.26. The molecule has 1 aliphatic heterocycles. The smallest absolute Gasteiger partial charge is 0.328 e. The van der Waals surface area contributed by atoms with Gasteiger partial charge in [-0.2, -0.15) is 4.31 Å². The molecule has 1 heterocycles. The minimum absolute atomic E-state index is 0.0202. The van der Waals surface area contributed by atoms with Gasteiger partial charge >= 0.3 is 5.97 Å². The van der Waals surface area contributed by atoms with Crippen molar-refractivity contribution in [3.63, 3.8) is 0 Å². The van der Waals surface area contributed by atoms with Crippen LogP contribution >= 0.6 is 0 Å². The molecule has 0 radical (unpaired) electrons. The summed E-state index contributed by atoms with van der Waals surface area (Å²) in [4.78, 5) is 12.2. The van der Waals surface area contributed by atoms with Gasteiger partial charge in [-0.05, 0) is 82.9 Å². The highest BCUT2D eigenvalue weighted by atomic mass is 32.2. The van der Waals surface area contributed by atoms with E-state index in [0.717, 1.165) is 40.0 Å². The van der Waals surface area contributed by atoms with E-state index in [0.29, 0.717) is 13.0 Å². The van der Waals surface area contributed by atoms with Crippen molar-refractivity contribution in [2.75, 3.05) is 20.2 Å². The van der Waals surface area contributed by atoms with Gasteiger partial charge in [0.15, 0.2) is 11.0 Å². The predicted molar refractivity (Wildman–Crippen MR) is 205 cm³/mol. The molecular weight excluding hydrogens is 663 g/mol. The van der Waals surface area contributed by atoms with Crippen molar-refractivity contribution in [1.29, 1.82) is 0 Å². The lowest BCUT2D eigenvalue weighted by Crippen LogP contribution is -2.51. The maximum atomic E-state index is 13.2. The zero-order chi connectivity index (χ0) is 36.1. The summed E-state index contributed by atoms with van der Waals surface area (Å²) in [6.45, 7) is 12.0. The number of methoxy groups -OCH3 is 1. The van der Waals surface area contributed by atoms with Crippen LogP contribution in [-0.4, -0.2) is 59.0 Å². The average molecular weight is 712 g/mol. The zero-order valence-corrected chi connectivity index (χ0v) is 32.2. The minimum atomic E-state index is -3.89. The molecular formula is C41H49NO6SSi. The molecule has 0 aromatic heterocycles. The molecule has 7 nitrogen and oxygen atoms in total. The number of hydrogen-bond donors (Lipinski definition) is 0. The van der Waals surface area contributed by atoms with Gasteiger partial charge in [0.1, 0.15) is 5.75 Å². The van der Waals surface area contributed by atoms with E-state index >= 15 is 0 Å². The first-order valence-electron chi connectivity index (χ1n) is 17.1. The number of aryl methyl sites for hydroxylation is 1. The Balaban J connectivity index is 1.35. The van der Waals surface area contributed by atoms with Crippen LogP contribution in [0.25, 0.3) is 16.7 Å². The molecule has 5 rings (SSSR count). The Morgan fingerprint density at radius 3 is 2.02 bits per heavy atom. The second-order valence-electron chi connectivity index (χ2n) is 14.6. The number of carbonyl (C=O) groups excluding carboxylic acids is 1. The van der Waals surface area contributed by atoms with E-state index in [9.17, 15) is 13.2 Å². The molecule has 0 spiro atoms. The Bertz CT molecular complexity index is 1880. The number of ether oxygens (including phenoxy) is 2. The van der Waals surface area contributed by atoms with Crippen LogP contribution in [0.5, 0.6) is 5.75 Å². The fraction of sp³-hybridized carbons (Fsp3) is 0.341. The molecule has 0 saturated carbocycles. The lowest BCUT2D eigenvalue weighted by Gasteiger charge is -2.32. The number of esters is 1. The first-order chi connectivity index (χ1) is 23.7. The van der Waals surface area contributed by atoms with E-state index in [1.807, 2.05) is 30.3 Å². The maximum Gasteiger partial charge on any atom is 0.328 e. The Kier molecular flexibility index (Phi) is 11.5. The third kappa shape index (κ3) is 8.64. The van der Waals surface area contributed by atoms with Crippen LogP contribution in [0.15, 0.2) is 109 Å². The lowest BCUT2D eigenvalue weighted by molar-refractivity contribution is -0.142. The lowest BCUT2D eigenvalue weighted by atomic mass is 9.92. The Labute approximate surface area is 299 Å². The van der Waals surface area contributed by atoms with Crippen LogP contribution in [0, 0.1) is 12.3 Å². The molecule has 0 amide bonds. The van der Waals surface area contributed by atoms with Gasteiger partial charge in [0.2, 0.25) is 19.1 Å². The predicted octanol–water partition coefficient (Wildman–Crippen LogP) is 6.73. The molecule has 1 unspecified atom stereocenters. The van der Waals surface area contributed by atoms with E-state index in [-0.39, 0.29) is 12.0 Å². The van der Waals surface area contributed by atoms with Crippen LogP contribution < -0.4 is 15.1 Å². The van der Waals surface area contributed by atoms with Gasteiger partial charge in [0, 0.05) is 19.5 Å². The van der Waals surface area contributed by atoms with E-state index < -0.39 is 36.1 Å². The molecule has 4 aromatic rings. The standard InChI is InChI=1S/C41H49NO6SSi/c1-30-27-32(31-23-25-42(26-24-31)49(44,45)41(5,6)39(43)46-7)21-22-37(30)33-15-14-16-34(28-33)47-38(29-40(2,3)4)48-50(35-17-10-8-11-18-35)36-19-12-9-13-20-36/h8-23,27-28,38,50H,24-26,29H2,1-7H3. The Morgan fingerprint density at radius 2 is 1.48 bits per heavy atom. The molecule has 0 fully saturated rings. The van der Waals surface area contributed by atoms with Crippen LogP contribution in [0.4, 0.5) is 0 Å². The summed E-state index contributed by atoms with van der Waals surface area (Å²) >= 11 is 0. The second-order valence-corrected chi connectivity index (χ2v) is 19.4. The summed E-state index contributed by atoms with van der Waals surface area (Å²) in [6.07, 6.45) is 2.77. The van der Waals surface area contributed by atoms with Crippen molar-refractivity contribution < 1.29 is 27.1 Å². The number of hydrogen-bond acceptors (Lipinski definition) is 6. The molecule has 1 atom stereocenters. The van der Waals surface area contributed by atoms with Gasteiger partial charge in [0.25, 0.3) is 0 Å².